The van der Waals surface area contributed by atoms with E-state index in [0.717, 1.165) is 16.7 Å². The van der Waals surface area contributed by atoms with Crippen molar-refractivity contribution >= 4 is 11.8 Å². The van der Waals surface area contributed by atoms with Gasteiger partial charge in [0.1, 0.15) is 5.75 Å². The van der Waals surface area contributed by atoms with Gasteiger partial charge in [0.2, 0.25) is 5.90 Å². The van der Waals surface area contributed by atoms with Crippen molar-refractivity contribution < 1.29 is 19.4 Å². The molecular weight excluding hydrogens is 494 g/mol. The first-order valence-corrected chi connectivity index (χ1v) is 13.0. The minimum Gasteiger partial charge on any atom is -0.494 e. The first kappa shape index (κ1) is 27.7. The zero-order valence-corrected chi connectivity index (χ0v) is 22.2. The van der Waals surface area contributed by atoms with Gasteiger partial charge < -0.3 is 19.9 Å². The number of nitrogens with zero attached hydrogens (tertiary/aromatic N) is 4. The Hall–Kier alpha value is -4.33. The molecule has 0 spiro atoms. The van der Waals surface area contributed by atoms with Gasteiger partial charge in [0.15, 0.2) is 11.6 Å². The third kappa shape index (κ3) is 6.57. The van der Waals surface area contributed by atoms with E-state index in [1.54, 1.807) is 0 Å². The molecular formula is C30H33N5O4. The van der Waals surface area contributed by atoms with Gasteiger partial charge in [-0.2, -0.15) is 0 Å². The van der Waals surface area contributed by atoms with E-state index in [0.29, 0.717) is 36.7 Å². The van der Waals surface area contributed by atoms with E-state index in [1.165, 1.54) is 0 Å². The van der Waals surface area contributed by atoms with Crippen LogP contribution in [0.1, 0.15) is 48.6 Å². The summed E-state index contributed by atoms with van der Waals surface area (Å²) in [5.74, 6) is 0.759. The molecule has 0 aliphatic carbocycles. The number of aliphatic hydroxyl groups excluding tert-OH is 1. The Balaban J connectivity index is 1.82. The molecule has 1 aliphatic heterocycles. The van der Waals surface area contributed by atoms with E-state index in [9.17, 15) is 4.79 Å². The van der Waals surface area contributed by atoms with Crippen molar-refractivity contribution in [3.05, 3.63) is 112 Å². The average Bonchev–Trinajstić information content (AvgIpc) is 3.33. The number of carbonyl (C=O) groups excluding carboxylic acids is 1. The Kier molecular flexibility index (Phi) is 9.20. The highest BCUT2D eigenvalue weighted by molar-refractivity contribution is 6.01. The Bertz CT molecular complexity index is 1340. The normalized spacial score (nSPS) is 18.2. The molecule has 3 aromatic rings. The Morgan fingerprint density at radius 3 is 2.54 bits per heavy atom. The molecule has 9 nitrogen and oxygen atoms in total. The number of rotatable bonds is 12. The highest BCUT2D eigenvalue weighted by Crippen LogP contribution is 2.43. The molecule has 1 heterocycles. The van der Waals surface area contributed by atoms with Gasteiger partial charge in [0.05, 0.1) is 13.2 Å². The number of aliphatic hydroxyl groups is 1. The lowest BCUT2D eigenvalue weighted by Gasteiger charge is -2.32. The van der Waals surface area contributed by atoms with E-state index in [1.807, 2.05) is 92.7 Å². The average molecular weight is 528 g/mol. The lowest BCUT2D eigenvalue weighted by Crippen LogP contribution is -2.51. The van der Waals surface area contributed by atoms with Gasteiger partial charge in [0, 0.05) is 36.0 Å². The number of benzene rings is 3. The number of nitrogens with one attached hydrogen (secondary N) is 1. The minimum atomic E-state index is -1.32. The molecule has 0 saturated carbocycles. The number of ether oxygens (including phenoxy) is 2. The summed E-state index contributed by atoms with van der Waals surface area (Å²) in [5.41, 5.74) is 10.8. The van der Waals surface area contributed by atoms with E-state index in [-0.39, 0.29) is 25.1 Å². The van der Waals surface area contributed by atoms with Crippen LogP contribution in [-0.4, -0.2) is 41.7 Å². The monoisotopic (exact) mass is 527 g/mol. The van der Waals surface area contributed by atoms with Crippen LogP contribution in [0.4, 0.5) is 0 Å². The van der Waals surface area contributed by atoms with E-state index in [4.69, 9.17) is 25.1 Å². The van der Waals surface area contributed by atoms with Crippen LogP contribution in [0.5, 0.6) is 5.75 Å². The Morgan fingerprint density at radius 2 is 1.85 bits per heavy atom. The molecule has 4 rings (SSSR count). The summed E-state index contributed by atoms with van der Waals surface area (Å²) in [6, 6.07) is 24.5. The van der Waals surface area contributed by atoms with Crippen molar-refractivity contribution in [1.82, 2.24) is 5.32 Å². The van der Waals surface area contributed by atoms with Crippen molar-refractivity contribution in [3.63, 3.8) is 0 Å². The summed E-state index contributed by atoms with van der Waals surface area (Å²) < 4.78 is 12.2. The summed E-state index contributed by atoms with van der Waals surface area (Å²) in [6.45, 7) is 4.42. The van der Waals surface area contributed by atoms with Gasteiger partial charge in [-0.1, -0.05) is 59.7 Å². The standard InChI is InChI=1S/C30H33N5O4/c1-21(2)33-29(37)30(19-22-9-4-3-5-10-22)27(26-12-7-6-11-24(26)20-32-35-31)39-28(34-30)23-13-15-25(16-14-23)38-18-8-17-36/h3-7,9-16,21,27,36H,8,17-20H2,1-2H3,(H,33,37)/t27-,30-/m1/s1. The van der Waals surface area contributed by atoms with Crippen LogP contribution >= 0.6 is 0 Å². The highest BCUT2D eigenvalue weighted by atomic mass is 16.5. The molecule has 39 heavy (non-hydrogen) atoms. The summed E-state index contributed by atoms with van der Waals surface area (Å²) >= 11 is 0. The maximum Gasteiger partial charge on any atom is 0.252 e. The molecule has 2 N–H and O–H groups in total. The number of carbonyl (C=O) groups is 1. The molecule has 0 radical (unpaired) electrons. The second kappa shape index (κ2) is 13.0. The quantitative estimate of drug-likeness (QED) is 0.144. The van der Waals surface area contributed by atoms with Gasteiger partial charge in [-0.25, -0.2) is 4.99 Å². The Morgan fingerprint density at radius 1 is 1.13 bits per heavy atom. The van der Waals surface area contributed by atoms with Crippen LogP contribution in [0.2, 0.25) is 0 Å². The summed E-state index contributed by atoms with van der Waals surface area (Å²) in [6.07, 6.45) is 0.0808. The molecule has 2 atom stereocenters. The second-order valence-electron chi connectivity index (χ2n) is 9.67. The SMILES string of the molecule is CC(C)NC(=O)[C@]1(Cc2ccccc2)N=C(c2ccc(OCCCO)cc2)O[C@@H]1c1ccccc1CN=[N+]=[N-]. The topological polar surface area (TPSA) is 129 Å². The molecule has 202 valence electrons. The minimum absolute atomic E-state index is 0.0627. The zero-order valence-electron chi connectivity index (χ0n) is 22.2. The van der Waals surface area contributed by atoms with Crippen molar-refractivity contribution in [2.45, 2.75) is 50.9 Å². The van der Waals surface area contributed by atoms with Crippen LogP contribution in [0, 0.1) is 0 Å². The highest BCUT2D eigenvalue weighted by Gasteiger charge is 2.53. The van der Waals surface area contributed by atoms with Crippen molar-refractivity contribution in [2.24, 2.45) is 10.1 Å². The van der Waals surface area contributed by atoms with Crippen LogP contribution < -0.4 is 10.1 Å². The van der Waals surface area contributed by atoms with Crippen LogP contribution in [0.3, 0.4) is 0 Å². The maximum atomic E-state index is 14.0. The first-order chi connectivity index (χ1) is 19.0. The first-order valence-electron chi connectivity index (χ1n) is 13.0. The van der Waals surface area contributed by atoms with Crippen molar-refractivity contribution in [3.8, 4) is 5.75 Å². The molecule has 0 saturated heterocycles. The smallest absolute Gasteiger partial charge is 0.252 e. The lowest BCUT2D eigenvalue weighted by atomic mass is 9.80. The zero-order chi connectivity index (χ0) is 27.7. The molecule has 0 bridgehead atoms. The number of amides is 1. The van der Waals surface area contributed by atoms with Gasteiger partial charge >= 0.3 is 0 Å². The van der Waals surface area contributed by atoms with Crippen molar-refractivity contribution in [1.29, 1.82) is 0 Å². The molecule has 1 amide bonds. The molecule has 3 aromatic carbocycles. The van der Waals surface area contributed by atoms with Gasteiger partial charge in [0.25, 0.3) is 5.91 Å². The fraction of sp³-hybridized carbons (Fsp3) is 0.333. The van der Waals surface area contributed by atoms with E-state index in [2.05, 4.69) is 15.3 Å². The summed E-state index contributed by atoms with van der Waals surface area (Å²) in [7, 11) is 0. The molecule has 0 aromatic heterocycles. The van der Waals surface area contributed by atoms with Crippen molar-refractivity contribution in [2.75, 3.05) is 13.2 Å². The van der Waals surface area contributed by atoms with E-state index < -0.39 is 11.6 Å². The van der Waals surface area contributed by atoms with Gasteiger partial charge in [-0.15, -0.1) is 0 Å². The van der Waals surface area contributed by atoms with Crippen LogP contribution in [-0.2, 0) is 22.5 Å². The fourth-order valence-electron chi connectivity index (χ4n) is 4.60. The number of hydrogen-bond acceptors (Lipinski definition) is 6. The molecule has 0 unspecified atom stereocenters. The number of aliphatic imine (C=N–C) groups is 1. The second-order valence-corrected chi connectivity index (χ2v) is 9.67. The third-order valence-corrected chi connectivity index (χ3v) is 6.41. The maximum absolute atomic E-state index is 14.0. The molecule has 1 aliphatic rings. The molecule has 0 fully saturated rings. The summed E-state index contributed by atoms with van der Waals surface area (Å²) in [4.78, 5) is 22.0. The van der Waals surface area contributed by atoms with E-state index >= 15 is 0 Å². The Labute approximate surface area is 228 Å². The van der Waals surface area contributed by atoms with Crippen LogP contribution in [0.15, 0.2) is 89.0 Å². The largest absolute Gasteiger partial charge is 0.494 e. The predicted molar refractivity (Wildman–Crippen MR) is 149 cm³/mol. The third-order valence-electron chi connectivity index (χ3n) is 6.41. The van der Waals surface area contributed by atoms with Gasteiger partial charge in [-0.3, -0.25) is 4.79 Å². The predicted octanol–water partition coefficient (Wildman–Crippen LogP) is 5.28. The summed E-state index contributed by atoms with van der Waals surface area (Å²) in [5, 5.41) is 15.8. The molecule has 9 heteroatoms. The number of hydrogen-bond donors (Lipinski definition) is 2. The lowest BCUT2D eigenvalue weighted by molar-refractivity contribution is -0.129. The number of azide groups is 1. The van der Waals surface area contributed by atoms with Gasteiger partial charge in [-0.05, 0) is 60.3 Å². The fourth-order valence-corrected chi connectivity index (χ4v) is 4.60. The van der Waals surface area contributed by atoms with Crippen LogP contribution in [0.25, 0.3) is 10.4 Å².